The number of hydrogen-bond acceptors (Lipinski definition) is 3. The predicted molar refractivity (Wildman–Crippen MR) is 76.1 cm³/mol. The number of nitrogen functional groups attached to an aromatic ring is 1. The van der Waals surface area contributed by atoms with Crippen molar-refractivity contribution in [2.75, 3.05) is 17.7 Å². The van der Waals surface area contributed by atoms with E-state index in [0.717, 1.165) is 0 Å². The van der Waals surface area contributed by atoms with Gasteiger partial charge in [-0.25, -0.2) is 4.39 Å². The number of carbonyl (C=O) groups excluding carboxylic acids is 1. The predicted octanol–water partition coefficient (Wildman–Crippen LogP) is 2.73. The molecule has 0 bridgehead atoms. The molecule has 3 N–H and O–H groups in total. The van der Waals surface area contributed by atoms with Gasteiger partial charge >= 0.3 is 0 Å². The largest absolute Gasteiger partial charge is 0.484 e. The van der Waals surface area contributed by atoms with E-state index in [4.69, 9.17) is 10.5 Å². The highest BCUT2D eigenvalue weighted by Gasteiger charge is 2.05. The number of nitrogens with two attached hydrogens (primary N) is 1. The van der Waals surface area contributed by atoms with E-state index in [1.807, 2.05) is 0 Å². The van der Waals surface area contributed by atoms with E-state index in [1.54, 1.807) is 37.3 Å². The van der Waals surface area contributed by atoms with Crippen LogP contribution in [-0.2, 0) is 4.79 Å². The summed E-state index contributed by atoms with van der Waals surface area (Å²) in [5, 5.41) is 2.63. The number of amides is 1. The van der Waals surface area contributed by atoms with Crippen LogP contribution in [0.3, 0.4) is 0 Å². The summed E-state index contributed by atoms with van der Waals surface area (Å²) >= 11 is 0. The van der Waals surface area contributed by atoms with Crippen LogP contribution in [0.2, 0.25) is 0 Å². The molecule has 4 nitrogen and oxygen atoms in total. The number of hydrogen-bond donors (Lipinski definition) is 2. The molecule has 0 aromatic heterocycles. The van der Waals surface area contributed by atoms with Crippen LogP contribution < -0.4 is 15.8 Å². The van der Waals surface area contributed by atoms with Gasteiger partial charge in [0.2, 0.25) is 0 Å². The molecule has 2 aromatic carbocycles. The van der Waals surface area contributed by atoms with Gasteiger partial charge in [-0.05, 0) is 42.8 Å². The Bertz CT molecular complexity index is 629. The van der Waals surface area contributed by atoms with E-state index in [0.29, 0.717) is 22.7 Å². The normalized spacial score (nSPS) is 10.1. The molecule has 20 heavy (non-hydrogen) atoms. The molecule has 0 heterocycles. The topological polar surface area (TPSA) is 64.3 Å². The third-order valence-corrected chi connectivity index (χ3v) is 2.67. The van der Waals surface area contributed by atoms with Gasteiger partial charge in [-0.1, -0.05) is 6.07 Å². The Balaban J connectivity index is 1.91. The fourth-order valence-electron chi connectivity index (χ4n) is 1.67. The average molecular weight is 274 g/mol. The first-order chi connectivity index (χ1) is 9.54. The number of halogens is 1. The summed E-state index contributed by atoms with van der Waals surface area (Å²) in [5.74, 6) is -0.104. The number of anilines is 2. The molecule has 104 valence electrons. The zero-order valence-corrected chi connectivity index (χ0v) is 11.0. The molecule has 0 aliphatic heterocycles. The van der Waals surface area contributed by atoms with E-state index in [2.05, 4.69) is 5.32 Å². The van der Waals surface area contributed by atoms with Gasteiger partial charge in [0, 0.05) is 17.4 Å². The lowest BCUT2D eigenvalue weighted by molar-refractivity contribution is -0.118. The zero-order valence-electron chi connectivity index (χ0n) is 11.0. The average Bonchev–Trinajstić information content (AvgIpc) is 2.41. The van der Waals surface area contributed by atoms with Gasteiger partial charge in [0.15, 0.2) is 6.61 Å². The van der Waals surface area contributed by atoms with Crippen LogP contribution in [0.25, 0.3) is 0 Å². The highest BCUT2D eigenvalue weighted by Crippen LogP contribution is 2.15. The maximum Gasteiger partial charge on any atom is 0.262 e. The monoisotopic (exact) mass is 274 g/mol. The number of aryl methyl sites for hydroxylation is 1. The van der Waals surface area contributed by atoms with Gasteiger partial charge in [-0.3, -0.25) is 4.79 Å². The Hall–Kier alpha value is -2.56. The lowest BCUT2D eigenvalue weighted by atomic mass is 10.2. The summed E-state index contributed by atoms with van der Waals surface area (Å²) in [4.78, 5) is 11.7. The van der Waals surface area contributed by atoms with Crippen molar-refractivity contribution >= 4 is 17.3 Å². The van der Waals surface area contributed by atoms with Gasteiger partial charge in [0.05, 0.1) is 0 Å². The number of nitrogens with one attached hydrogen (secondary N) is 1. The Kier molecular flexibility index (Phi) is 4.20. The standard InChI is InChI=1S/C15H15FN2O2/c1-10-7-12(5-6-14(10)16)18-15(19)9-20-13-4-2-3-11(17)8-13/h2-8H,9,17H2,1H3,(H,18,19). The minimum absolute atomic E-state index is 0.139. The number of rotatable bonds is 4. The maximum atomic E-state index is 13.1. The quantitative estimate of drug-likeness (QED) is 0.842. The Morgan fingerprint density at radius 3 is 2.80 bits per heavy atom. The third-order valence-electron chi connectivity index (χ3n) is 2.67. The van der Waals surface area contributed by atoms with Crippen molar-refractivity contribution in [1.29, 1.82) is 0 Å². The van der Waals surface area contributed by atoms with Crippen molar-refractivity contribution in [3.8, 4) is 5.75 Å². The fraction of sp³-hybridized carbons (Fsp3) is 0.133. The third kappa shape index (κ3) is 3.71. The van der Waals surface area contributed by atoms with Crippen LogP contribution in [0.5, 0.6) is 5.75 Å². The van der Waals surface area contributed by atoms with E-state index in [-0.39, 0.29) is 18.3 Å². The van der Waals surface area contributed by atoms with Gasteiger partial charge in [0.1, 0.15) is 11.6 Å². The van der Waals surface area contributed by atoms with Crippen molar-refractivity contribution in [1.82, 2.24) is 0 Å². The van der Waals surface area contributed by atoms with Crippen LogP contribution >= 0.6 is 0 Å². The summed E-state index contributed by atoms with van der Waals surface area (Å²) in [7, 11) is 0. The van der Waals surface area contributed by atoms with Crippen molar-refractivity contribution in [3.05, 3.63) is 53.8 Å². The van der Waals surface area contributed by atoms with Crippen LogP contribution in [0, 0.1) is 12.7 Å². The SMILES string of the molecule is Cc1cc(NC(=O)COc2cccc(N)c2)ccc1F. The smallest absolute Gasteiger partial charge is 0.262 e. The molecule has 0 spiro atoms. The van der Waals surface area contributed by atoms with Crippen LogP contribution in [-0.4, -0.2) is 12.5 Å². The van der Waals surface area contributed by atoms with E-state index >= 15 is 0 Å². The number of benzene rings is 2. The molecule has 5 heteroatoms. The minimum Gasteiger partial charge on any atom is -0.484 e. The molecule has 0 aliphatic carbocycles. The highest BCUT2D eigenvalue weighted by molar-refractivity contribution is 5.91. The fourth-order valence-corrected chi connectivity index (χ4v) is 1.67. The number of carbonyl (C=O) groups is 1. The second-order valence-electron chi connectivity index (χ2n) is 4.37. The zero-order chi connectivity index (χ0) is 14.5. The molecule has 0 saturated carbocycles. The summed E-state index contributed by atoms with van der Waals surface area (Å²) in [6.07, 6.45) is 0. The summed E-state index contributed by atoms with van der Waals surface area (Å²) in [5.41, 5.74) is 7.17. The van der Waals surface area contributed by atoms with E-state index in [9.17, 15) is 9.18 Å². The first-order valence-corrected chi connectivity index (χ1v) is 6.09. The van der Waals surface area contributed by atoms with Crippen LogP contribution in [0.4, 0.5) is 15.8 Å². The molecule has 1 amide bonds. The first-order valence-electron chi connectivity index (χ1n) is 6.09. The molecule has 2 aromatic rings. The maximum absolute atomic E-state index is 13.1. The lowest BCUT2D eigenvalue weighted by Crippen LogP contribution is -2.20. The molecule has 0 fully saturated rings. The van der Waals surface area contributed by atoms with E-state index < -0.39 is 0 Å². The molecule has 0 saturated heterocycles. The Labute approximate surface area is 116 Å². The minimum atomic E-state index is -0.321. The Morgan fingerprint density at radius 1 is 1.30 bits per heavy atom. The first kappa shape index (κ1) is 13.9. The number of ether oxygens (including phenoxy) is 1. The van der Waals surface area contributed by atoms with Crippen molar-refractivity contribution in [3.63, 3.8) is 0 Å². The Morgan fingerprint density at radius 2 is 2.10 bits per heavy atom. The molecule has 0 unspecified atom stereocenters. The molecule has 0 atom stereocenters. The van der Waals surface area contributed by atoms with Gasteiger partial charge in [-0.2, -0.15) is 0 Å². The van der Waals surface area contributed by atoms with Crippen molar-refractivity contribution in [2.24, 2.45) is 0 Å². The van der Waals surface area contributed by atoms with E-state index in [1.165, 1.54) is 12.1 Å². The summed E-state index contributed by atoms with van der Waals surface area (Å²) < 4.78 is 18.4. The molecule has 0 aliphatic rings. The van der Waals surface area contributed by atoms with Crippen LogP contribution in [0.1, 0.15) is 5.56 Å². The lowest BCUT2D eigenvalue weighted by Gasteiger charge is -2.08. The molecular weight excluding hydrogens is 259 g/mol. The van der Waals surface area contributed by atoms with Gasteiger partial charge < -0.3 is 15.8 Å². The molecule has 0 radical (unpaired) electrons. The summed E-state index contributed by atoms with van der Waals surface area (Å²) in [6.45, 7) is 1.49. The van der Waals surface area contributed by atoms with Crippen molar-refractivity contribution in [2.45, 2.75) is 6.92 Å². The second kappa shape index (κ2) is 6.06. The molecular formula is C15H15FN2O2. The van der Waals surface area contributed by atoms with Gasteiger partial charge in [0.25, 0.3) is 5.91 Å². The summed E-state index contributed by atoms with van der Waals surface area (Å²) in [6, 6.07) is 11.2. The van der Waals surface area contributed by atoms with Gasteiger partial charge in [-0.15, -0.1) is 0 Å². The second-order valence-corrected chi connectivity index (χ2v) is 4.37. The highest BCUT2D eigenvalue weighted by atomic mass is 19.1. The van der Waals surface area contributed by atoms with Crippen molar-refractivity contribution < 1.29 is 13.9 Å². The molecule has 2 rings (SSSR count). The van der Waals surface area contributed by atoms with Crippen LogP contribution in [0.15, 0.2) is 42.5 Å².